The van der Waals surface area contributed by atoms with Gasteiger partial charge in [-0.05, 0) is 12.5 Å². The SMILES string of the molecule is CCC1=CCOS1(=O)=O. The van der Waals surface area contributed by atoms with Gasteiger partial charge in [0.2, 0.25) is 0 Å². The van der Waals surface area contributed by atoms with Crippen LogP contribution in [0.5, 0.6) is 0 Å². The second-order valence-electron chi connectivity index (χ2n) is 1.76. The largest absolute Gasteiger partial charge is 0.293 e. The van der Waals surface area contributed by atoms with Gasteiger partial charge in [0.15, 0.2) is 0 Å². The quantitative estimate of drug-likeness (QED) is 0.512. The zero-order chi connectivity index (χ0) is 6.91. The van der Waals surface area contributed by atoms with Crippen LogP contribution in [-0.2, 0) is 14.3 Å². The van der Waals surface area contributed by atoms with Crippen LogP contribution < -0.4 is 0 Å². The minimum Gasteiger partial charge on any atom is -0.262 e. The third-order valence-electron chi connectivity index (χ3n) is 1.20. The Bertz CT molecular complexity index is 225. The molecule has 0 aromatic carbocycles. The molecule has 0 aromatic rings. The first-order chi connectivity index (χ1) is 4.17. The summed E-state index contributed by atoms with van der Waals surface area (Å²) in [6.45, 7) is 2.00. The van der Waals surface area contributed by atoms with Crippen LogP contribution in [0.3, 0.4) is 0 Å². The summed E-state index contributed by atoms with van der Waals surface area (Å²) in [6, 6.07) is 0. The van der Waals surface area contributed by atoms with E-state index in [1.807, 2.05) is 0 Å². The van der Waals surface area contributed by atoms with E-state index in [0.29, 0.717) is 11.3 Å². The Balaban J connectivity index is 2.95. The molecular weight excluding hydrogens is 140 g/mol. The van der Waals surface area contributed by atoms with Crippen molar-refractivity contribution in [2.24, 2.45) is 0 Å². The first-order valence-corrected chi connectivity index (χ1v) is 4.16. The van der Waals surface area contributed by atoms with Crippen LogP contribution in [0.4, 0.5) is 0 Å². The molecule has 4 heteroatoms. The van der Waals surface area contributed by atoms with E-state index in [0.717, 1.165) is 0 Å². The van der Waals surface area contributed by atoms with Crippen molar-refractivity contribution in [1.82, 2.24) is 0 Å². The average Bonchev–Trinajstić information content (AvgIpc) is 2.08. The average molecular weight is 148 g/mol. The van der Waals surface area contributed by atoms with E-state index in [1.54, 1.807) is 13.0 Å². The maximum Gasteiger partial charge on any atom is 0.293 e. The Hall–Kier alpha value is -0.350. The monoisotopic (exact) mass is 148 g/mol. The van der Waals surface area contributed by atoms with Gasteiger partial charge in [-0.2, -0.15) is 8.42 Å². The van der Waals surface area contributed by atoms with Crippen molar-refractivity contribution in [3.05, 3.63) is 11.0 Å². The Morgan fingerprint density at radius 1 is 1.78 bits per heavy atom. The fraction of sp³-hybridized carbons (Fsp3) is 0.600. The van der Waals surface area contributed by atoms with Crippen molar-refractivity contribution in [3.63, 3.8) is 0 Å². The molecule has 1 heterocycles. The molecule has 1 aliphatic heterocycles. The van der Waals surface area contributed by atoms with Crippen LogP contribution in [0.25, 0.3) is 0 Å². The molecule has 0 aromatic heterocycles. The minimum atomic E-state index is -3.28. The third-order valence-corrected chi connectivity index (χ3v) is 2.75. The molecule has 0 atom stereocenters. The molecule has 3 nitrogen and oxygen atoms in total. The second-order valence-corrected chi connectivity index (χ2v) is 3.43. The van der Waals surface area contributed by atoms with Gasteiger partial charge in [-0.1, -0.05) is 6.92 Å². The summed E-state index contributed by atoms with van der Waals surface area (Å²) < 4.78 is 25.8. The maximum atomic E-state index is 10.7. The fourth-order valence-corrected chi connectivity index (χ4v) is 1.74. The highest BCUT2D eigenvalue weighted by molar-refractivity contribution is 7.90. The van der Waals surface area contributed by atoms with Gasteiger partial charge < -0.3 is 0 Å². The maximum absolute atomic E-state index is 10.7. The Morgan fingerprint density at radius 3 is 2.67 bits per heavy atom. The van der Waals surface area contributed by atoms with E-state index in [9.17, 15) is 8.42 Å². The number of hydrogen-bond donors (Lipinski definition) is 0. The van der Waals surface area contributed by atoms with Gasteiger partial charge in [0.1, 0.15) is 0 Å². The summed E-state index contributed by atoms with van der Waals surface area (Å²) in [5.74, 6) is 0. The number of allylic oxidation sites excluding steroid dienone is 1. The first kappa shape index (κ1) is 6.77. The lowest BCUT2D eigenvalue weighted by atomic mass is 10.4. The molecule has 1 aliphatic rings. The van der Waals surface area contributed by atoms with E-state index in [1.165, 1.54) is 0 Å². The van der Waals surface area contributed by atoms with Crippen LogP contribution in [0.1, 0.15) is 13.3 Å². The Morgan fingerprint density at radius 2 is 2.44 bits per heavy atom. The lowest BCUT2D eigenvalue weighted by Gasteiger charge is -1.93. The molecule has 0 fully saturated rings. The molecule has 0 saturated carbocycles. The van der Waals surface area contributed by atoms with Gasteiger partial charge in [0, 0.05) is 0 Å². The summed E-state index contributed by atoms with van der Waals surface area (Å²) in [5.41, 5.74) is 0. The Labute approximate surface area is 54.5 Å². The second kappa shape index (κ2) is 2.11. The van der Waals surface area contributed by atoms with Gasteiger partial charge in [0.25, 0.3) is 10.1 Å². The van der Waals surface area contributed by atoms with Crippen LogP contribution in [0, 0.1) is 0 Å². The van der Waals surface area contributed by atoms with Crippen molar-refractivity contribution < 1.29 is 12.6 Å². The van der Waals surface area contributed by atoms with Gasteiger partial charge in [0.05, 0.1) is 11.5 Å². The molecule has 0 amide bonds. The molecule has 0 unspecified atom stereocenters. The third kappa shape index (κ3) is 1.14. The molecule has 1 rings (SSSR count). The zero-order valence-corrected chi connectivity index (χ0v) is 5.94. The van der Waals surface area contributed by atoms with Gasteiger partial charge in [-0.3, -0.25) is 4.18 Å². The summed E-state index contributed by atoms with van der Waals surface area (Å²) in [4.78, 5) is 0.405. The molecule has 52 valence electrons. The highest BCUT2D eigenvalue weighted by Gasteiger charge is 2.21. The van der Waals surface area contributed by atoms with Gasteiger partial charge >= 0.3 is 0 Å². The molecular formula is C5H8O3S. The number of rotatable bonds is 1. The normalized spacial score (nSPS) is 23.9. The number of hydrogen-bond acceptors (Lipinski definition) is 3. The van der Waals surface area contributed by atoms with Crippen LogP contribution in [0.15, 0.2) is 11.0 Å². The van der Waals surface area contributed by atoms with E-state index in [4.69, 9.17) is 0 Å². The summed E-state index contributed by atoms with van der Waals surface area (Å²) in [7, 11) is -3.28. The van der Waals surface area contributed by atoms with Gasteiger partial charge in [-0.25, -0.2) is 0 Å². The van der Waals surface area contributed by atoms with E-state index < -0.39 is 10.1 Å². The highest BCUT2D eigenvalue weighted by Crippen LogP contribution is 2.18. The van der Waals surface area contributed by atoms with E-state index in [2.05, 4.69) is 4.18 Å². The van der Waals surface area contributed by atoms with Gasteiger partial charge in [-0.15, -0.1) is 0 Å². The molecule has 9 heavy (non-hydrogen) atoms. The fourth-order valence-electron chi connectivity index (χ4n) is 0.715. The first-order valence-electron chi connectivity index (χ1n) is 2.75. The van der Waals surface area contributed by atoms with Crippen LogP contribution >= 0.6 is 0 Å². The molecule has 0 bridgehead atoms. The molecule has 0 N–H and O–H groups in total. The smallest absolute Gasteiger partial charge is 0.262 e. The van der Waals surface area contributed by atoms with Crippen molar-refractivity contribution in [3.8, 4) is 0 Å². The lowest BCUT2D eigenvalue weighted by Crippen LogP contribution is -1.99. The summed E-state index contributed by atoms with van der Waals surface area (Å²) in [5, 5.41) is 0. The molecule has 0 aliphatic carbocycles. The Kier molecular flexibility index (Phi) is 1.59. The summed E-state index contributed by atoms with van der Waals surface area (Å²) in [6.07, 6.45) is 2.12. The molecule has 0 saturated heterocycles. The van der Waals surface area contributed by atoms with Crippen molar-refractivity contribution >= 4 is 10.1 Å². The zero-order valence-electron chi connectivity index (χ0n) is 5.12. The standard InChI is InChI=1S/C5H8O3S/c1-2-5-3-4-8-9(5,6)7/h3H,2,4H2,1H3. The predicted molar refractivity (Wildman–Crippen MR) is 33.2 cm³/mol. The van der Waals surface area contributed by atoms with E-state index >= 15 is 0 Å². The van der Waals surface area contributed by atoms with Crippen molar-refractivity contribution in [2.45, 2.75) is 13.3 Å². The minimum absolute atomic E-state index is 0.214. The molecule has 0 spiro atoms. The van der Waals surface area contributed by atoms with E-state index in [-0.39, 0.29) is 6.61 Å². The summed E-state index contributed by atoms with van der Waals surface area (Å²) >= 11 is 0. The lowest BCUT2D eigenvalue weighted by molar-refractivity contribution is 0.374. The predicted octanol–water partition coefficient (Wildman–Crippen LogP) is 0.640. The van der Waals surface area contributed by atoms with Crippen molar-refractivity contribution in [1.29, 1.82) is 0 Å². The topological polar surface area (TPSA) is 43.4 Å². The molecule has 0 radical (unpaired) electrons. The highest BCUT2D eigenvalue weighted by atomic mass is 32.2. The van der Waals surface area contributed by atoms with Crippen molar-refractivity contribution in [2.75, 3.05) is 6.61 Å². The van der Waals surface area contributed by atoms with Crippen LogP contribution in [0.2, 0.25) is 0 Å². The van der Waals surface area contributed by atoms with Crippen LogP contribution in [-0.4, -0.2) is 15.0 Å².